The van der Waals surface area contributed by atoms with E-state index >= 15 is 0 Å². The lowest BCUT2D eigenvalue weighted by Crippen LogP contribution is -2.38. The highest BCUT2D eigenvalue weighted by Crippen LogP contribution is 2.36. The first-order chi connectivity index (χ1) is 11.6. The van der Waals surface area contributed by atoms with Crippen LogP contribution in [-0.4, -0.2) is 54.8 Å². The first-order valence-electron chi connectivity index (χ1n) is 8.39. The van der Waals surface area contributed by atoms with Gasteiger partial charge in [0.15, 0.2) is 17.2 Å². The molecule has 136 valence electrons. The SMILES string of the molecule is CC(C)(C)c1nc(N2CCC(F)(F)C2)c2cnn(C3C[S+](O)C3)c2n1. The number of nitrogens with zero attached hydrogens (tertiary/aromatic N) is 5. The Hall–Kier alpha value is -1.48. The molecule has 0 amide bonds. The third kappa shape index (κ3) is 2.97. The van der Waals surface area contributed by atoms with Crippen LogP contribution in [0.25, 0.3) is 11.0 Å². The molecule has 4 heterocycles. The number of hydrogen-bond acceptors (Lipinski definition) is 5. The zero-order valence-corrected chi connectivity index (χ0v) is 15.4. The average molecular weight is 370 g/mol. The molecule has 0 bridgehead atoms. The molecule has 9 heteroatoms. The predicted molar refractivity (Wildman–Crippen MR) is 94.6 cm³/mol. The summed E-state index contributed by atoms with van der Waals surface area (Å²) in [5, 5.41) is 5.14. The van der Waals surface area contributed by atoms with Crippen LogP contribution >= 0.6 is 0 Å². The summed E-state index contributed by atoms with van der Waals surface area (Å²) >= 11 is -0.554. The molecular weight excluding hydrogens is 348 g/mol. The molecule has 0 atom stereocenters. The minimum Gasteiger partial charge on any atom is -0.350 e. The summed E-state index contributed by atoms with van der Waals surface area (Å²) in [7, 11) is 0. The van der Waals surface area contributed by atoms with Crippen LogP contribution in [0.4, 0.5) is 14.6 Å². The molecule has 0 aromatic carbocycles. The maximum absolute atomic E-state index is 13.7. The van der Waals surface area contributed by atoms with Gasteiger partial charge >= 0.3 is 0 Å². The number of hydrogen-bond donors (Lipinski definition) is 1. The topological polar surface area (TPSA) is 67.1 Å². The van der Waals surface area contributed by atoms with Crippen molar-refractivity contribution in [1.82, 2.24) is 19.7 Å². The Morgan fingerprint density at radius 2 is 2.00 bits per heavy atom. The van der Waals surface area contributed by atoms with Crippen LogP contribution in [0, 0.1) is 0 Å². The standard InChI is InChI=1S/C16H22F2N5OS/c1-15(2,3)14-20-12(22-5-4-16(17,18)9-22)11-6-19-23(13(11)21-14)10-7-25(24)8-10/h6,10,24H,4-5,7-9H2,1-3H3/q+1. The Morgan fingerprint density at radius 1 is 1.28 bits per heavy atom. The van der Waals surface area contributed by atoms with E-state index in [-0.39, 0.29) is 31.0 Å². The summed E-state index contributed by atoms with van der Waals surface area (Å²) in [6.45, 7) is 5.97. The molecule has 2 aromatic rings. The minimum absolute atomic E-state index is 0.112. The second-order valence-electron chi connectivity index (χ2n) is 7.92. The van der Waals surface area contributed by atoms with Gasteiger partial charge < -0.3 is 4.90 Å². The molecule has 25 heavy (non-hydrogen) atoms. The van der Waals surface area contributed by atoms with Gasteiger partial charge in [-0.1, -0.05) is 20.8 Å². The van der Waals surface area contributed by atoms with Gasteiger partial charge in [0.25, 0.3) is 5.92 Å². The highest BCUT2D eigenvalue weighted by molar-refractivity contribution is 7.92. The third-order valence-electron chi connectivity index (χ3n) is 4.69. The monoisotopic (exact) mass is 370 g/mol. The van der Waals surface area contributed by atoms with Gasteiger partial charge in [-0.05, 0) is 0 Å². The van der Waals surface area contributed by atoms with Crippen molar-refractivity contribution in [3.05, 3.63) is 12.0 Å². The van der Waals surface area contributed by atoms with Crippen molar-refractivity contribution in [2.75, 3.05) is 29.5 Å². The maximum atomic E-state index is 13.7. The Morgan fingerprint density at radius 3 is 2.56 bits per heavy atom. The van der Waals surface area contributed by atoms with E-state index in [2.05, 4.69) is 10.1 Å². The fourth-order valence-corrected chi connectivity index (χ4v) is 4.28. The predicted octanol–water partition coefficient (Wildman–Crippen LogP) is 2.62. The first-order valence-corrected chi connectivity index (χ1v) is 9.91. The number of halogens is 2. The molecule has 2 saturated heterocycles. The van der Waals surface area contributed by atoms with Crippen molar-refractivity contribution in [3.63, 3.8) is 0 Å². The van der Waals surface area contributed by atoms with Crippen LogP contribution in [0.1, 0.15) is 39.1 Å². The highest BCUT2D eigenvalue weighted by atomic mass is 32.2. The van der Waals surface area contributed by atoms with Crippen molar-refractivity contribution in [1.29, 1.82) is 0 Å². The Labute approximate surface area is 147 Å². The highest BCUT2D eigenvalue weighted by Gasteiger charge is 2.43. The average Bonchev–Trinajstić information content (AvgIpc) is 3.05. The number of anilines is 1. The van der Waals surface area contributed by atoms with Crippen LogP contribution in [0.3, 0.4) is 0 Å². The molecule has 0 aliphatic carbocycles. The quantitative estimate of drug-likeness (QED) is 0.823. The van der Waals surface area contributed by atoms with Crippen LogP contribution in [-0.2, 0) is 16.6 Å². The van der Waals surface area contributed by atoms with Gasteiger partial charge in [-0.25, -0.2) is 23.4 Å². The first kappa shape index (κ1) is 17.0. The van der Waals surface area contributed by atoms with E-state index in [4.69, 9.17) is 4.98 Å². The van der Waals surface area contributed by atoms with Crippen molar-refractivity contribution >= 4 is 28.0 Å². The summed E-state index contributed by atoms with van der Waals surface area (Å²) in [5.41, 5.74) is 0.369. The van der Waals surface area contributed by atoms with Gasteiger partial charge in [-0.2, -0.15) is 9.65 Å². The van der Waals surface area contributed by atoms with Gasteiger partial charge in [-0.15, -0.1) is 0 Å². The van der Waals surface area contributed by atoms with Crippen molar-refractivity contribution in [2.24, 2.45) is 0 Å². The number of fused-ring (bicyclic) bond motifs is 1. The zero-order chi connectivity index (χ0) is 18.0. The van der Waals surface area contributed by atoms with Crippen LogP contribution < -0.4 is 4.90 Å². The number of alkyl halides is 2. The van der Waals surface area contributed by atoms with Crippen molar-refractivity contribution in [2.45, 2.75) is 44.6 Å². The molecule has 2 aromatic heterocycles. The summed E-state index contributed by atoms with van der Waals surface area (Å²) in [5.74, 6) is -0.185. The molecule has 2 aliphatic heterocycles. The number of rotatable bonds is 2. The molecule has 6 nitrogen and oxygen atoms in total. The molecule has 0 unspecified atom stereocenters. The smallest absolute Gasteiger partial charge is 0.266 e. The second-order valence-corrected chi connectivity index (χ2v) is 9.52. The summed E-state index contributed by atoms with van der Waals surface area (Å²) in [4.78, 5) is 11.0. The van der Waals surface area contributed by atoms with Crippen molar-refractivity contribution in [3.8, 4) is 0 Å². The van der Waals surface area contributed by atoms with E-state index in [1.807, 2.05) is 25.5 Å². The van der Waals surface area contributed by atoms with Gasteiger partial charge in [0.2, 0.25) is 0 Å². The van der Waals surface area contributed by atoms with E-state index in [1.54, 1.807) is 11.1 Å². The minimum atomic E-state index is -2.69. The Bertz CT molecular complexity index is 813. The van der Waals surface area contributed by atoms with Gasteiger partial charge in [0.1, 0.15) is 28.9 Å². The molecule has 0 saturated carbocycles. The second kappa shape index (κ2) is 5.51. The largest absolute Gasteiger partial charge is 0.350 e. The Kier molecular flexibility index (Phi) is 3.74. The number of aromatic nitrogens is 4. The van der Waals surface area contributed by atoms with Crippen LogP contribution in [0.2, 0.25) is 0 Å². The fourth-order valence-electron chi connectivity index (χ4n) is 3.21. The van der Waals surface area contributed by atoms with E-state index in [0.29, 0.717) is 34.2 Å². The molecule has 4 rings (SSSR count). The summed E-state index contributed by atoms with van der Waals surface area (Å²) in [6.07, 6.45) is 1.51. The maximum Gasteiger partial charge on any atom is 0.266 e. The Balaban J connectivity index is 1.83. The van der Waals surface area contributed by atoms with Gasteiger partial charge in [0, 0.05) is 18.4 Å². The summed E-state index contributed by atoms with van der Waals surface area (Å²) < 4.78 is 38.9. The third-order valence-corrected chi connectivity index (χ3v) is 6.23. The molecule has 2 aliphatic rings. The van der Waals surface area contributed by atoms with Crippen LogP contribution in [0.15, 0.2) is 6.20 Å². The lowest BCUT2D eigenvalue weighted by atomic mass is 9.95. The lowest BCUT2D eigenvalue weighted by Gasteiger charge is -2.24. The molecule has 0 radical (unpaired) electrons. The lowest BCUT2D eigenvalue weighted by molar-refractivity contribution is 0.0257. The van der Waals surface area contributed by atoms with E-state index < -0.39 is 17.1 Å². The molecular formula is C16H22F2N5OS+. The van der Waals surface area contributed by atoms with Crippen molar-refractivity contribution < 1.29 is 13.3 Å². The van der Waals surface area contributed by atoms with E-state index in [1.165, 1.54) is 0 Å². The van der Waals surface area contributed by atoms with E-state index in [9.17, 15) is 13.3 Å². The van der Waals surface area contributed by atoms with Crippen LogP contribution in [0.5, 0.6) is 0 Å². The van der Waals surface area contributed by atoms with Gasteiger partial charge in [0.05, 0.1) is 18.1 Å². The van der Waals surface area contributed by atoms with E-state index in [0.717, 1.165) is 0 Å². The summed E-state index contributed by atoms with van der Waals surface area (Å²) in [6, 6.07) is 0.112. The van der Waals surface area contributed by atoms with Gasteiger partial charge in [-0.3, -0.25) is 0 Å². The molecule has 2 fully saturated rings. The zero-order valence-electron chi connectivity index (χ0n) is 14.5. The normalized spacial score (nSPS) is 26.2. The fraction of sp³-hybridized carbons (Fsp3) is 0.688. The molecule has 1 N–H and O–H groups in total. The molecule has 0 spiro atoms.